The highest BCUT2D eigenvalue weighted by molar-refractivity contribution is 7.11. The van der Waals surface area contributed by atoms with Gasteiger partial charge >= 0.3 is 0 Å². The van der Waals surface area contributed by atoms with Gasteiger partial charge in [-0.15, -0.1) is 11.3 Å². The van der Waals surface area contributed by atoms with Gasteiger partial charge in [-0.3, -0.25) is 9.69 Å². The number of aryl methyl sites for hydroxylation is 2. The SMILES string of the molecule is CCCc1nc(C)c(CNC(=O)C2(N3CCOCC3)CCCCC2)s1. The molecular formula is C19H31N3O2S. The van der Waals surface area contributed by atoms with Gasteiger partial charge in [-0.25, -0.2) is 4.98 Å². The van der Waals surface area contributed by atoms with Gasteiger partial charge in [0.2, 0.25) is 5.91 Å². The van der Waals surface area contributed by atoms with Crippen molar-refractivity contribution in [2.45, 2.75) is 70.9 Å². The number of carbonyl (C=O) groups excluding carboxylic acids is 1. The van der Waals surface area contributed by atoms with Crippen molar-refractivity contribution in [2.75, 3.05) is 26.3 Å². The van der Waals surface area contributed by atoms with E-state index in [9.17, 15) is 4.79 Å². The summed E-state index contributed by atoms with van der Waals surface area (Å²) >= 11 is 1.75. The normalized spacial score (nSPS) is 21.2. The fourth-order valence-electron chi connectivity index (χ4n) is 4.11. The second-order valence-electron chi connectivity index (χ2n) is 7.24. The highest BCUT2D eigenvalue weighted by atomic mass is 32.1. The van der Waals surface area contributed by atoms with E-state index in [1.165, 1.54) is 16.3 Å². The van der Waals surface area contributed by atoms with Crippen LogP contribution in [0.4, 0.5) is 0 Å². The number of carbonyl (C=O) groups is 1. The third-order valence-corrected chi connectivity index (χ3v) is 6.75. The summed E-state index contributed by atoms with van der Waals surface area (Å²) in [4.78, 5) is 21.4. The Balaban J connectivity index is 1.68. The van der Waals surface area contributed by atoms with Gasteiger partial charge in [-0.1, -0.05) is 26.2 Å². The fraction of sp³-hybridized carbons (Fsp3) is 0.789. The Morgan fingerprint density at radius 1 is 1.28 bits per heavy atom. The topological polar surface area (TPSA) is 54.5 Å². The molecule has 3 rings (SSSR count). The van der Waals surface area contributed by atoms with E-state index in [1.807, 2.05) is 0 Å². The summed E-state index contributed by atoms with van der Waals surface area (Å²) in [6.45, 7) is 8.05. The Kier molecular flexibility index (Phi) is 6.47. The van der Waals surface area contributed by atoms with Crippen molar-refractivity contribution in [2.24, 2.45) is 0 Å². The number of ether oxygens (including phenoxy) is 1. The van der Waals surface area contributed by atoms with Gasteiger partial charge in [0.25, 0.3) is 0 Å². The Labute approximate surface area is 155 Å². The summed E-state index contributed by atoms with van der Waals surface area (Å²) in [5.74, 6) is 0.207. The number of amides is 1. The molecule has 0 spiro atoms. The fourth-order valence-corrected chi connectivity index (χ4v) is 5.22. The average Bonchev–Trinajstić information content (AvgIpc) is 3.00. The molecule has 1 amide bonds. The molecule has 0 radical (unpaired) electrons. The number of aromatic nitrogens is 1. The molecule has 25 heavy (non-hydrogen) atoms. The van der Waals surface area contributed by atoms with E-state index < -0.39 is 0 Å². The molecule has 1 aliphatic carbocycles. The molecule has 2 fully saturated rings. The molecular weight excluding hydrogens is 334 g/mol. The number of nitrogens with one attached hydrogen (secondary N) is 1. The van der Waals surface area contributed by atoms with Gasteiger partial charge < -0.3 is 10.1 Å². The minimum atomic E-state index is -0.327. The summed E-state index contributed by atoms with van der Waals surface area (Å²) in [5.41, 5.74) is 0.741. The van der Waals surface area contributed by atoms with Crippen LogP contribution in [0.5, 0.6) is 0 Å². The van der Waals surface area contributed by atoms with Crippen molar-refractivity contribution in [3.63, 3.8) is 0 Å². The van der Waals surface area contributed by atoms with Gasteiger partial charge in [0.15, 0.2) is 0 Å². The first-order valence-electron chi connectivity index (χ1n) is 9.72. The van der Waals surface area contributed by atoms with Crippen molar-refractivity contribution in [3.8, 4) is 0 Å². The summed E-state index contributed by atoms with van der Waals surface area (Å²) < 4.78 is 5.51. The van der Waals surface area contributed by atoms with Crippen LogP contribution < -0.4 is 5.32 Å². The van der Waals surface area contributed by atoms with E-state index in [2.05, 4.69) is 29.0 Å². The second-order valence-corrected chi connectivity index (χ2v) is 8.41. The van der Waals surface area contributed by atoms with Gasteiger partial charge in [0.05, 0.1) is 30.5 Å². The molecule has 1 aromatic rings. The standard InChI is InChI=1S/C19H31N3O2S/c1-3-7-17-21-15(2)16(25-17)14-20-18(23)19(8-5-4-6-9-19)22-10-12-24-13-11-22/h3-14H2,1-2H3,(H,20,23). The number of rotatable bonds is 6. The number of hydrogen-bond acceptors (Lipinski definition) is 5. The molecule has 140 valence electrons. The van der Waals surface area contributed by atoms with Crippen molar-refractivity contribution in [1.82, 2.24) is 15.2 Å². The maximum Gasteiger partial charge on any atom is 0.240 e. The van der Waals surface area contributed by atoms with Crippen LogP contribution in [0, 0.1) is 6.92 Å². The number of morpholine rings is 1. The molecule has 0 bridgehead atoms. The summed E-state index contributed by atoms with van der Waals surface area (Å²) in [7, 11) is 0. The first kappa shape index (κ1) is 18.8. The van der Waals surface area contributed by atoms with Crippen LogP contribution in [0.1, 0.15) is 61.0 Å². The highest BCUT2D eigenvalue weighted by Gasteiger charge is 2.44. The average molecular weight is 366 g/mol. The lowest BCUT2D eigenvalue weighted by molar-refractivity contribution is -0.140. The van der Waals surface area contributed by atoms with Crippen LogP contribution in [-0.4, -0.2) is 47.6 Å². The van der Waals surface area contributed by atoms with Gasteiger partial charge in [0, 0.05) is 18.0 Å². The lowest BCUT2D eigenvalue weighted by atomic mass is 9.79. The lowest BCUT2D eigenvalue weighted by Gasteiger charge is -2.46. The van der Waals surface area contributed by atoms with Gasteiger partial charge in [-0.2, -0.15) is 0 Å². The third-order valence-electron chi connectivity index (χ3n) is 5.53. The summed E-state index contributed by atoms with van der Waals surface area (Å²) in [5, 5.41) is 4.44. The molecule has 5 nitrogen and oxygen atoms in total. The molecule has 1 aliphatic heterocycles. The Bertz CT molecular complexity index is 575. The van der Waals surface area contributed by atoms with E-state index in [0.717, 1.165) is 70.5 Å². The monoisotopic (exact) mass is 365 g/mol. The van der Waals surface area contributed by atoms with Crippen molar-refractivity contribution in [1.29, 1.82) is 0 Å². The van der Waals surface area contributed by atoms with E-state index in [0.29, 0.717) is 6.54 Å². The number of hydrogen-bond donors (Lipinski definition) is 1. The quantitative estimate of drug-likeness (QED) is 0.842. The van der Waals surface area contributed by atoms with Crippen molar-refractivity contribution < 1.29 is 9.53 Å². The minimum Gasteiger partial charge on any atom is -0.379 e. The highest BCUT2D eigenvalue weighted by Crippen LogP contribution is 2.35. The molecule has 0 atom stereocenters. The zero-order valence-electron chi connectivity index (χ0n) is 15.6. The van der Waals surface area contributed by atoms with Crippen LogP contribution in [0.15, 0.2) is 0 Å². The van der Waals surface area contributed by atoms with Crippen LogP contribution in [-0.2, 0) is 22.5 Å². The molecule has 6 heteroatoms. The van der Waals surface area contributed by atoms with E-state index in [1.54, 1.807) is 11.3 Å². The van der Waals surface area contributed by atoms with E-state index in [4.69, 9.17) is 4.74 Å². The summed E-state index contributed by atoms with van der Waals surface area (Å²) in [6, 6.07) is 0. The zero-order valence-corrected chi connectivity index (χ0v) is 16.4. The molecule has 1 aromatic heterocycles. The smallest absolute Gasteiger partial charge is 0.240 e. The van der Waals surface area contributed by atoms with Crippen LogP contribution in [0.25, 0.3) is 0 Å². The Morgan fingerprint density at radius 2 is 2.00 bits per heavy atom. The van der Waals surface area contributed by atoms with Crippen LogP contribution >= 0.6 is 11.3 Å². The zero-order chi connectivity index (χ0) is 17.7. The van der Waals surface area contributed by atoms with Crippen molar-refractivity contribution in [3.05, 3.63) is 15.6 Å². The van der Waals surface area contributed by atoms with E-state index >= 15 is 0 Å². The van der Waals surface area contributed by atoms with Crippen LogP contribution in [0.2, 0.25) is 0 Å². The molecule has 1 saturated heterocycles. The maximum atomic E-state index is 13.2. The molecule has 1 saturated carbocycles. The van der Waals surface area contributed by atoms with Crippen LogP contribution in [0.3, 0.4) is 0 Å². The largest absolute Gasteiger partial charge is 0.379 e. The van der Waals surface area contributed by atoms with Gasteiger partial charge in [0.1, 0.15) is 5.54 Å². The summed E-state index contributed by atoms with van der Waals surface area (Å²) in [6.07, 6.45) is 7.61. The molecule has 2 aliphatic rings. The lowest BCUT2D eigenvalue weighted by Crippen LogP contribution is -2.62. The molecule has 2 heterocycles. The predicted molar refractivity (Wildman–Crippen MR) is 101 cm³/mol. The molecule has 0 unspecified atom stereocenters. The molecule has 1 N–H and O–H groups in total. The van der Waals surface area contributed by atoms with Crippen molar-refractivity contribution >= 4 is 17.2 Å². The van der Waals surface area contributed by atoms with E-state index in [-0.39, 0.29) is 11.4 Å². The van der Waals surface area contributed by atoms with Gasteiger partial charge in [-0.05, 0) is 32.6 Å². The number of nitrogens with zero attached hydrogens (tertiary/aromatic N) is 2. The first-order valence-corrected chi connectivity index (χ1v) is 10.5. The predicted octanol–water partition coefficient (Wildman–Crippen LogP) is 3.06. The third kappa shape index (κ3) is 4.23. The maximum absolute atomic E-state index is 13.2. The first-order chi connectivity index (χ1) is 12.2. The second kappa shape index (κ2) is 8.60. The Morgan fingerprint density at radius 3 is 2.68 bits per heavy atom. The Hall–Kier alpha value is -0.980. The molecule has 0 aromatic carbocycles. The minimum absolute atomic E-state index is 0.207. The number of thiazole rings is 1.